The van der Waals surface area contributed by atoms with Gasteiger partial charge in [-0.05, 0) is 28.2 Å². The first-order valence-electron chi connectivity index (χ1n) is 6.28. The molecule has 1 aliphatic heterocycles. The Kier molecular flexibility index (Phi) is 12.1. The van der Waals surface area contributed by atoms with E-state index < -0.39 is 0 Å². The molecule has 0 spiro atoms. The third kappa shape index (κ3) is 15.8. The summed E-state index contributed by atoms with van der Waals surface area (Å²) in [5, 5.41) is 3.16. The summed E-state index contributed by atoms with van der Waals surface area (Å²) in [5.41, 5.74) is 0. The molecule has 0 saturated carbocycles. The van der Waals surface area contributed by atoms with Crippen molar-refractivity contribution in [3.05, 3.63) is 0 Å². The van der Waals surface area contributed by atoms with Crippen LogP contribution in [0.25, 0.3) is 0 Å². The van der Waals surface area contributed by atoms with Crippen molar-refractivity contribution in [3.63, 3.8) is 0 Å². The molecular weight excluding hydrogens is 218 g/mol. The SMILES string of the molecule is C1COCCN1.CN(C)CCOCCN(C)C. The van der Waals surface area contributed by atoms with Gasteiger partial charge in [-0.15, -0.1) is 0 Å². The van der Waals surface area contributed by atoms with Crippen LogP contribution in [0, 0.1) is 0 Å². The van der Waals surface area contributed by atoms with Crippen molar-refractivity contribution in [2.75, 3.05) is 80.8 Å². The van der Waals surface area contributed by atoms with Gasteiger partial charge in [-0.3, -0.25) is 0 Å². The number of hydrogen-bond acceptors (Lipinski definition) is 5. The molecule has 104 valence electrons. The molecule has 1 aliphatic rings. The van der Waals surface area contributed by atoms with Gasteiger partial charge in [0, 0.05) is 26.2 Å². The zero-order chi connectivity index (χ0) is 12.9. The minimum absolute atomic E-state index is 0.834. The van der Waals surface area contributed by atoms with Crippen LogP contribution in [0.15, 0.2) is 0 Å². The van der Waals surface area contributed by atoms with Gasteiger partial charge < -0.3 is 24.6 Å². The van der Waals surface area contributed by atoms with Crippen LogP contribution in [0.3, 0.4) is 0 Å². The quantitative estimate of drug-likeness (QED) is 0.654. The predicted octanol–water partition coefficient (Wildman–Crippen LogP) is -0.268. The van der Waals surface area contributed by atoms with Gasteiger partial charge in [0.1, 0.15) is 0 Å². The molecule has 0 radical (unpaired) electrons. The average molecular weight is 247 g/mol. The fourth-order valence-electron chi connectivity index (χ4n) is 1.11. The van der Waals surface area contributed by atoms with Crippen LogP contribution in [0.5, 0.6) is 0 Å². The maximum atomic E-state index is 5.37. The number of ether oxygens (including phenoxy) is 2. The first-order valence-corrected chi connectivity index (χ1v) is 6.28. The maximum Gasteiger partial charge on any atom is 0.0593 e. The Labute approximate surface area is 106 Å². The Hall–Kier alpha value is -0.200. The Morgan fingerprint density at radius 2 is 1.41 bits per heavy atom. The lowest BCUT2D eigenvalue weighted by Gasteiger charge is -2.12. The summed E-state index contributed by atoms with van der Waals surface area (Å²) in [7, 11) is 8.20. The predicted molar refractivity (Wildman–Crippen MR) is 71.6 cm³/mol. The van der Waals surface area contributed by atoms with Crippen molar-refractivity contribution >= 4 is 0 Å². The molecule has 0 aromatic heterocycles. The van der Waals surface area contributed by atoms with E-state index in [0.717, 1.165) is 52.6 Å². The van der Waals surface area contributed by atoms with Gasteiger partial charge in [0.05, 0.1) is 26.4 Å². The lowest BCUT2D eigenvalue weighted by atomic mass is 10.5. The van der Waals surface area contributed by atoms with Crippen molar-refractivity contribution in [1.82, 2.24) is 15.1 Å². The van der Waals surface area contributed by atoms with Gasteiger partial charge in [0.25, 0.3) is 0 Å². The third-order valence-electron chi connectivity index (χ3n) is 2.21. The number of rotatable bonds is 6. The van der Waals surface area contributed by atoms with Crippen molar-refractivity contribution < 1.29 is 9.47 Å². The van der Waals surface area contributed by atoms with E-state index in [0.29, 0.717) is 0 Å². The summed E-state index contributed by atoms with van der Waals surface area (Å²) in [6.07, 6.45) is 0. The first-order chi connectivity index (χ1) is 8.13. The second kappa shape index (κ2) is 12.3. The second-order valence-electron chi connectivity index (χ2n) is 4.58. The highest BCUT2D eigenvalue weighted by atomic mass is 16.5. The molecule has 5 heteroatoms. The number of likely N-dealkylation sites (N-methyl/N-ethyl adjacent to an activating group) is 2. The average Bonchev–Trinajstić information content (AvgIpc) is 2.31. The van der Waals surface area contributed by atoms with Gasteiger partial charge in [-0.1, -0.05) is 0 Å². The monoisotopic (exact) mass is 247 g/mol. The van der Waals surface area contributed by atoms with E-state index in [-0.39, 0.29) is 0 Å². The van der Waals surface area contributed by atoms with Crippen LogP contribution < -0.4 is 5.32 Å². The molecule has 0 amide bonds. The Balaban J connectivity index is 0.000000354. The van der Waals surface area contributed by atoms with E-state index >= 15 is 0 Å². The van der Waals surface area contributed by atoms with Gasteiger partial charge in [0.15, 0.2) is 0 Å². The van der Waals surface area contributed by atoms with Crippen molar-refractivity contribution in [2.24, 2.45) is 0 Å². The normalized spacial score (nSPS) is 15.9. The van der Waals surface area contributed by atoms with Crippen molar-refractivity contribution in [3.8, 4) is 0 Å². The molecule has 1 saturated heterocycles. The van der Waals surface area contributed by atoms with E-state index in [1.54, 1.807) is 0 Å². The standard InChI is InChI=1S/C8H20N2O.C4H9NO/c1-9(2)5-7-11-8-6-10(3)4;1-3-6-4-2-5-1/h5-8H2,1-4H3;5H,1-4H2. The molecule has 0 aromatic carbocycles. The lowest BCUT2D eigenvalue weighted by molar-refractivity contribution is 0.104. The first kappa shape index (κ1) is 16.8. The summed E-state index contributed by atoms with van der Waals surface area (Å²) in [6.45, 7) is 7.52. The summed E-state index contributed by atoms with van der Waals surface area (Å²) >= 11 is 0. The highest BCUT2D eigenvalue weighted by Crippen LogP contribution is 1.80. The van der Waals surface area contributed by atoms with E-state index in [2.05, 4.69) is 43.3 Å². The Morgan fingerprint density at radius 1 is 0.941 bits per heavy atom. The van der Waals surface area contributed by atoms with Crippen molar-refractivity contribution in [1.29, 1.82) is 0 Å². The molecule has 0 unspecified atom stereocenters. The number of nitrogens with one attached hydrogen (secondary N) is 1. The van der Waals surface area contributed by atoms with Crippen LogP contribution in [0.4, 0.5) is 0 Å². The molecule has 17 heavy (non-hydrogen) atoms. The minimum atomic E-state index is 0.834. The molecule has 1 fully saturated rings. The van der Waals surface area contributed by atoms with Gasteiger partial charge in [-0.2, -0.15) is 0 Å². The van der Waals surface area contributed by atoms with Gasteiger partial charge in [0.2, 0.25) is 0 Å². The molecule has 5 nitrogen and oxygen atoms in total. The minimum Gasteiger partial charge on any atom is -0.379 e. The van der Waals surface area contributed by atoms with E-state index in [1.165, 1.54) is 0 Å². The summed E-state index contributed by atoms with van der Waals surface area (Å²) in [5.74, 6) is 0. The Morgan fingerprint density at radius 3 is 1.65 bits per heavy atom. The maximum absolute atomic E-state index is 5.37. The number of nitrogens with zero attached hydrogens (tertiary/aromatic N) is 2. The fourth-order valence-corrected chi connectivity index (χ4v) is 1.11. The van der Waals surface area contributed by atoms with Crippen LogP contribution in [0.1, 0.15) is 0 Å². The van der Waals surface area contributed by atoms with E-state index in [1.807, 2.05) is 0 Å². The third-order valence-corrected chi connectivity index (χ3v) is 2.21. The summed E-state index contributed by atoms with van der Waals surface area (Å²) in [6, 6.07) is 0. The highest BCUT2D eigenvalue weighted by molar-refractivity contribution is 4.49. The van der Waals surface area contributed by atoms with Crippen molar-refractivity contribution in [2.45, 2.75) is 0 Å². The zero-order valence-electron chi connectivity index (χ0n) is 11.9. The van der Waals surface area contributed by atoms with Crippen LogP contribution in [-0.2, 0) is 9.47 Å². The molecule has 1 N–H and O–H groups in total. The highest BCUT2D eigenvalue weighted by Gasteiger charge is 1.93. The topological polar surface area (TPSA) is 37.0 Å². The van der Waals surface area contributed by atoms with Crippen LogP contribution in [-0.4, -0.2) is 90.6 Å². The number of hydrogen-bond donors (Lipinski definition) is 1. The molecule has 0 atom stereocenters. The largest absolute Gasteiger partial charge is 0.379 e. The van der Waals surface area contributed by atoms with Crippen LogP contribution in [0.2, 0.25) is 0 Å². The molecule has 0 bridgehead atoms. The molecule has 1 rings (SSSR count). The second-order valence-corrected chi connectivity index (χ2v) is 4.58. The van der Waals surface area contributed by atoms with E-state index in [9.17, 15) is 0 Å². The van der Waals surface area contributed by atoms with Gasteiger partial charge in [-0.25, -0.2) is 0 Å². The molecular formula is C12H29N3O2. The molecule has 1 heterocycles. The zero-order valence-corrected chi connectivity index (χ0v) is 11.9. The Bertz CT molecular complexity index is 129. The summed E-state index contributed by atoms with van der Waals surface area (Å²) in [4.78, 5) is 4.24. The lowest BCUT2D eigenvalue weighted by Crippen LogP contribution is -2.30. The van der Waals surface area contributed by atoms with Crippen LogP contribution >= 0.6 is 0 Å². The smallest absolute Gasteiger partial charge is 0.0593 e. The van der Waals surface area contributed by atoms with E-state index in [4.69, 9.17) is 9.47 Å². The number of morpholine rings is 1. The fraction of sp³-hybridized carbons (Fsp3) is 1.00. The summed E-state index contributed by atoms with van der Waals surface area (Å²) < 4.78 is 10.4. The van der Waals surface area contributed by atoms with Gasteiger partial charge >= 0.3 is 0 Å². The molecule has 0 aliphatic carbocycles. The molecule has 0 aromatic rings.